The van der Waals surface area contributed by atoms with Gasteiger partial charge in [-0.3, -0.25) is 4.79 Å². The van der Waals surface area contributed by atoms with Gasteiger partial charge in [-0.2, -0.15) is 5.10 Å². The summed E-state index contributed by atoms with van der Waals surface area (Å²) in [6.45, 7) is 4.71. The number of thiophene rings is 1. The lowest BCUT2D eigenvalue weighted by atomic mass is 9.83. The highest BCUT2D eigenvalue weighted by atomic mass is 32.1. The van der Waals surface area contributed by atoms with Crippen LogP contribution < -0.4 is 5.32 Å². The minimum atomic E-state index is -0.323. The molecule has 5 nitrogen and oxygen atoms in total. The molecule has 3 aromatic heterocycles. The van der Waals surface area contributed by atoms with Gasteiger partial charge >= 0.3 is 0 Å². The van der Waals surface area contributed by atoms with Gasteiger partial charge in [0, 0.05) is 23.3 Å². The van der Waals surface area contributed by atoms with E-state index in [1.165, 1.54) is 10.4 Å². The van der Waals surface area contributed by atoms with Crippen molar-refractivity contribution < 1.29 is 4.79 Å². The van der Waals surface area contributed by atoms with Gasteiger partial charge in [0.15, 0.2) is 5.82 Å². The number of hydrogen-bond acceptors (Lipinski definition) is 4. The lowest BCUT2D eigenvalue weighted by Crippen LogP contribution is -2.42. The zero-order valence-electron chi connectivity index (χ0n) is 16.4. The second-order valence-corrected chi connectivity index (χ2v) is 8.47. The van der Waals surface area contributed by atoms with Crippen LogP contribution >= 0.6 is 11.3 Å². The SMILES string of the molecule is Cc1nn(-c2ccccn2)c(C)c1CCNC(=O)C1(c2cccs2)CCCC1. The highest BCUT2D eigenvalue weighted by Crippen LogP contribution is 2.43. The van der Waals surface area contributed by atoms with Crippen LogP contribution in [0.25, 0.3) is 5.82 Å². The molecule has 146 valence electrons. The smallest absolute Gasteiger partial charge is 0.231 e. The van der Waals surface area contributed by atoms with E-state index in [2.05, 4.69) is 33.8 Å². The van der Waals surface area contributed by atoms with Crippen molar-refractivity contribution in [1.82, 2.24) is 20.1 Å². The Balaban J connectivity index is 1.46. The van der Waals surface area contributed by atoms with Crippen LogP contribution in [0.15, 0.2) is 41.9 Å². The fourth-order valence-electron chi connectivity index (χ4n) is 4.32. The molecule has 4 rings (SSSR count). The van der Waals surface area contributed by atoms with Crippen molar-refractivity contribution in [2.24, 2.45) is 0 Å². The van der Waals surface area contributed by atoms with Crippen molar-refractivity contribution in [2.75, 3.05) is 6.54 Å². The number of carbonyl (C=O) groups excluding carboxylic acids is 1. The van der Waals surface area contributed by atoms with Crippen LogP contribution in [-0.4, -0.2) is 27.2 Å². The van der Waals surface area contributed by atoms with E-state index in [9.17, 15) is 4.79 Å². The monoisotopic (exact) mass is 394 g/mol. The summed E-state index contributed by atoms with van der Waals surface area (Å²) in [7, 11) is 0. The molecule has 0 aliphatic heterocycles. The molecule has 0 bridgehead atoms. The summed E-state index contributed by atoms with van der Waals surface area (Å²) in [4.78, 5) is 18.7. The van der Waals surface area contributed by atoms with E-state index in [1.807, 2.05) is 35.9 Å². The number of aryl methyl sites for hydroxylation is 1. The first-order valence-corrected chi connectivity index (χ1v) is 10.8. The molecule has 6 heteroatoms. The number of nitrogens with one attached hydrogen (secondary N) is 1. The van der Waals surface area contributed by atoms with Crippen molar-refractivity contribution in [3.05, 3.63) is 63.7 Å². The Kier molecular flexibility index (Phi) is 5.31. The summed E-state index contributed by atoms with van der Waals surface area (Å²) < 4.78 is 1.89. The highest BCUT2D eigenvalue weighted by molar-refractivity contribution is 7.10. The Morgan fingerprint density at radius 2 is 2.04 bits per heavy atom. The van der Waals surface area contributed by atoms with E-state index in [4.69, 9.17) is 0 Å². The Morgan fingerprint density at radius 3 is 2.71 bits per heavy atom. The molecule has 0 unspecified atom stereocenters. The van der Waals surface area contributed by atoms with Crippen LogP contribution in [-0.2, 0) is 16.6 Å². The topological polar surface area (TPSA) is 59.8 Å². The van der Waals surface area contributed by atoms with Crippen LogP contribution in [0, 0.1) is 13.8 Å². The molecule has 0 aromatic carbocycles. The van der Waals surface area contributed by atoms with Gasteiger partial charge in [0.2, 0.25) is 5.91 Å². The fraction of sp³-hybridized carbons (Fsp3) is 0.409. The van der Waals surface area contributed by atoms with E-state index in [-0.39, 0.29) is 11.3 Å². The van der Waals surface area contributed by atoms with Crippen LogP contribution in [0.3, 0.4) is 0 Å². The van der Waals surface area contributed by atoms with Gasteiger partial charge in [-0.15, -0.1) is 11.3 Å². The summed E-state index contributed by atoms with van der Waals surface area (Å²) in [5, 5.41) is 9.94. The first kappa shape index (κ1) is 18.9. The van der Waals surface area contributed by atoms with Crippen LogP contribution in [0.1, 0.15) is 47.5 Å². The summed E-state index contributed by atoms with van der Waals surface area (Å²) >= 11 is 1.70. The molecule has 1 N–H and O–H groups in total. The van der Waals surface area contributed by atoms with E-state index in [0.717, 1.165) is 49.3 Å². The van der Waals surface area contributed by atoms with E-state index < -0.39 is 0 Å². The molecule has 3 heterocycles. The Morgan fingerprint density at radius 1 is 1.21 bits per heavy atom. The van der Waals surface area contributed by atoms with Crippen LogP contribution in [0.5, 0.6) is 0 Å². The van der Waals surface area contributed by atoms with E-state index in [0.29, 0.717) is 6.54 Å². The summed E-state index contributed by atoms with van der Waals surface area (Å²) in [5.74, 6) is 1.00. The largest absolute Gasteiger partial charge is 0.355 e. The molecule has 0 saturated heterocycles. The maximum Gasteiger partial charge on any atom is 0.231 e. The van der Waals surface area contributed by atoms with Gasteiger partial charge in [-0.05, 0) is 62.3 Å². The molecule has 1 aliphatic carbocycles. The van der Waals surface area contributed by atoms with Crippen molar-refractivity contribution in [3.63, 3.8) is 0 Å². The Hall–Kier alpha value is -2.47. The number of carbonyl (C=O) groups is 1. The summed E-state index contributed by atoms with van der Waals surface area (Å²) in [6, 6.07) is 9.98. The highest BCUT2D eigenvalue weighted by Gasteiger charge is 2.43. The maximum atomic E-state index is 13.1. The fourth-order valence-corrected chi connectivity index (χ4v) is 5.31. The number of amides is 1. The molecule has 3 aromatic rings. The first-order chi connectivity index (χ1) is 13.6. The maximum absolute atomic E-state index is 13.1. The standard InChI is InChI=1S/C22H26N4OS/c1-16-18(17(2)26(25-16)20-9-3-6-13-23-20)10-14-24-21(27)22(11-4-5-12-22)19-8-7-15-28-19/h3,6-9,13,15H,4-5,10-12,14H2,1-2H3,(H,24,27). The van der Waals surface area contributed by atoms with E-state index in [1.54, 1.807) is 17.5 Å². The Labute approximate surface area is 169 Å². The predicted molar refractivity (Wildman–Crippen MR) is 112 cm³/mol. The normalized spacial score (nSPS) is 15.6. The van der Waals surface area contributed by atoms with Crippen molar-refractivity contribution in [1.29, 1.82) is 0 Å². The second kappa shape index (κ2) is 7.87. The lowest BCUT2D eigenvalue weighted by molar-refractivity contribution is -0.126. The first-order valence-electron chi connectivity index (χ1n) is 9.90. The molecule has 0 spiro atoms. The van der Waals surface area contributed by atoms with Gasteiger partial charge in [-0.1, -0.05) is 25.0 Å². The molecule has 1 fully saturated rings. The van der Waals surface area contributed by atoms with Crippen molar-refractivity contribution in [2.45, 2.75) is 51.4 Å². The van der Waals surface area contributed by atoms with Gasteiger partial charge < -0.3 is 5.32 Å². The minimum absolute atomic E-state index is 0.180. The zero-order chi connectivity index (χ0) is 19.6. The van der Waals surface area contributed by atoms with Gasteiger partial charge in [0.05, 0.1) is 11.1 Å². The number of nitrogens with zero attached hydrogens (tertiary/aromatic N) is 3. The molecule has 28 heavy (non-hydrogen) atoms. The number of hydrogen-bond donors (Lipinski definition) is 1. The predicted octanol–water partition coefficient (Wildman–Crippen LogP) is 4.12. The average molecular weight is 395 g/mol. The molecule has 1 amide bonds. The van der Waals surface area contributed by atoms with E-state index >= 15 is 0 Å². The van der Waals surface area contributed by atoms with Crippen molar-refractivity contribution >= 4 is 17.2 Å². The zero-order valence-corrected chi connectivity index (χ0v) is 17.3. The number of rotatable bonds is 6. The van der Waals surface area contributed by atoms with Crippen LogP contribution in [0.4, 0.5) is 0 Å². The molecule has 0 atom stereocenters. The minimum Gasteiger partial charge on any atom is -0.355 e. The molecule has 1 saturated carbocycles. The Bertz CT molecular complexity index is 941. The van der Waals surface area contributed by atoms with Crippen molar-refractivity contribution in [3.8, 4) is 5.82 Å². The third-order valence-electron chi connectivity index (χ3n) is 5.85. The quantitative estimate of drug-likeness (QED) is 0.684. The van der Waals surface area contributed by atoms with Gasteiger partial charge in [0.25, 0.3) is 0 Å². The summed E-state index contributed by atoms with van der Waals surface area (Å²) in [6.07, 6.45) is 6.71. The van der Waals surface area contributed by atoms with Crippen LogP contribution in [0.2, 0.25) is 0 Å². The van der Waals surface area contributed by atoms with Gasteiger partial charge in [-0.25, -0.2) is 9.67 Å². The molecular weight excluding hydrogens is 368 g/mol. The average Bonchev–Trinajstić information content (AvgIpc) is 3.45. The number of aromatic nitrogens is 3. The third-order valence-corrected chi connectivity index (χ3v) is 6.93. The number of pyridine rings is 1. The molecular formula is C22H26N4OS. The lowest BCUT2D eigenvalue weighted by Gasteiger charge is -2.26. The second-order valence-electron chi connectivity index (χ2n) is 7.52. The molecule has 0 radical (unpaired) electrons. The summed E-state index contributed by atoms with van der Waals surface area (Å²) in [5.41, 5.74) is 2.93. The van der Waals surface area contributed by atoms with Gasteiger partial charge in [0.1, 0.15) is 0 Å². The third kappa shape index (κ3) is 3.37. The molecule has 1 aliphatic rings.